The second-order valence-corrected chi connectivity index (χ2v) is 9.27. The normalized spacial score (nSPS) is 11.8. The van der Waals surface area contributed by atoms with Gasteiger partial charge in [-0.1, -0.05) is 11.6 Å². The van der Waals surface area contributed by atoms with Crippen molar-refractivity contribution in [2.75, 3.05) is 18.9 Å². The van der Waals surface area contributed by atoms with E-state index in [0.717, 1.165) is 14.9 Å². The number of rotatable bonds is 5. The van der Waals surface area contributed by atoms with Crippen molar-refractivity contribution in [2.45, 2.75) is 4.90 Å². The molecule has 0 spiro atoms. The highest BCUT2D eigenvalue weighted by molar-refractivity contribution is 7.89. The van der Waals surface area contributed by atoms with E-state index >= 15 is 0 Å². The molecule has 0 saturated carbocycles. The number of likely N-dealkylation sites (N-methyl/N-ethyl adjacent to an activating group) is 1. The van der Waals surface area contributed by atoms with E-state index in [2.05, 4.69) is 5.32 Å². The quantitative estimate of drug-likeness (QED) is 0.606. The third-order valence-electron chi connectivity index (χ3n) is 4.72. The van der Waals surface area contributed by atoms with Crippen molar-refractivity contribution < 1.29 is 17.6 Å². The number of hydrogen-bond acceptors (Lipinski definition) is 5. The van der Waals surface area contributed by atoms with Crippen molar-refractivity contribution in [3.63, 3.8) is 0 Å². The lowest BCUT2D eigenvalue weighted by atomic mass is 10.2. The number of anilines is 1. The Labute approximate surface area is 181 Å². The number of nitrogens with zero attached hydrogens (tertiary/aromatic N) is 3. The molecule has 3 aromatic rings. The topological polar surface area (TPSA) is 110 Å². The standard InChI is InChI=1S/C19H18ClFN4O5S/c1-23(10-17(26)22-11-4-6-15(21)14(20)8-11)31(29,30)12-5-7-16-13(9-12)18(27)25(3)19(28)24(16)2/h4-9H,10H2,1-3H3,(H,22,26). The zero-order chi connectivity index (χ0) is 23.1. The number of hydrogen-bond donors (Lipinski definition) is 1. The van der Waals surface area contributed by atoms with Gasteiger partial charge in [0, 0.05) is 26.8 Å². The number of amides is 1. The van der Waals surface area contributed by atoms with Gasteiger partial charge in [0.05, 0.1) is 27.4 Å². The Bertz CT molecular complexity index is 1430. The Morgan fingerprint density at radius 2 is 1.81 bits per heavy atom. The smallest absolute Gasteiger partial charge is 0.325 e. The zero-order valence-corrected chi connectivity index (χ0v) is 18.3. The molecule has 12 heteroatoms. The molecule has 2 aromatic carbocycles. The average Bonchev–Trinajstić information content (AvgIpc) is 2.72. The van der Waals surface area contributed by atoms with Crippen molar-refractivity contribution in [3.05, 3.63) is 68.1 Å². The summed E-state index contributed by atoms with van der Waals surface area (Å²) in [6.45, 7) is -0.541. The number of carbonyl (C=O) groups is 1. The van der Waals surface area contributed by atoms with Crippen LogP contribution in [0.4, 0.5) is 10.1 Å². The molecular formula is C19H18ClFN4O5S. The van der Waals surface area contributed by atoms with Gasteiger partial charge in [0.1, 0.15) is 5.82 Å². The highest BCUT2D eigenvalue weighted by atomic mass is 35.5. The van der Waals surface area contributed by atoms with Gasteiger partial charge in [-0.2, -0.15) is 4.31 Å². The van der Waals surface area contributed by atoms with Gasteiger partial charge in [0.2, 0.25) is 15.9 Å². The van der Waals surface area contributed by atoms with E-state index in [4.69, 9.17) is 11.6 Å². The third-order valence-corrected chi connectivity index (χ3v) is 6.81. The lowest BCUT2D eigenvalue weighted by molar-refractivity contribution is -0.116. The Hall–Kier alpha value is -3.02. The molecule has 9 nitrogen and oxygen atoms in total. The number of halogens is 2. The van der Waals surface area contributed by atoms with Crippen molar-refractivity contribution >= 4 is 44.1 Å². The molecule has 0 saturated heterocycles. The predicted molar refractivity (Wildman–Crippen MR) is 114 cm³/mol. The average molecular weight is 469 g/mol. The molecule has 0 atom stereocenters. The number of nitrogens with one attached hydrogen (secondary N) is 1. The van der Waals surface area contributed by atoms with Crippen LogP contribution in [0.3, 0.4) is 0 Å². The fourth-order valence-electron chi connectivity index (χ4n) is 2.98. The van der Waals surface area contributed by atoms with Crippen LogP contribution in [0.25, 0.3) is 10.9 Å². The van der Waals surface area contributed by atoms with E-state index in [0.29, 0.717) is 0 Å². The van der Waals surface area contributed by atoms with Crippen LogP contribution in [0.1, 0.15) is 0 Å². The van der Waals surface area contributed by atoms with E-state index in [1.54, 1.807) is 0 Å². The van der Waals surface area contributed by atoms with Crippen LogP contribution in [0.2, 0.25) is 5.02 Å². The number of benzene rings is 2. The largest absolute Gasteiger partial charge is 0.330 e. The van der Waals surface area contributed by atoms with Crippen molar-refractivity contribution in [3.8, 4) is 0 Å². The molecule has 0 unspecified atom stereocenters. The van der Waals surface area contributed by atoms with E-state index < -0.39 is 39.5 Å². The number of aromatic nitrogens is 2. The Morgan fingerprint density at radius 3 is 2.45 bits per heavy atom. The van der Waals surface area contributed by atoms with Gasteiger partial charge in [-0.15, -0.1) is 0 Å². The van der Waals surface area contributed by atoms with Gasteiger partial charge in [0.25, 0.3) is 5.56 Å². The molecule has 0 aliphatic heterocycles. The van der Waals surface area contributed by atoms with Crippen LogP contribution in [0, 0.1) is 5.82 Å². The molecule has 1 heterocycles. The predicted octanol–water partition coefficient (Wildman–Crippen LogP) is 1.29. The van der Waals surface area contributed by atoms with Crippen LogP contribution in [0.5, 0.6) is 0 Å². The van der Waals surface area contributed by atoms with E-state index in [1.165, 1.54) is 56.0 Å². The fraction of sp³-hybridized carbons (Fsp3) is 0.211. The van der Waals surface area contributed by atoms with Gasteiger partial charge >= 0.3 is 5.69 Å². The Balaban J connectivity index is 1.89. The molecule has 1 N–H and O–H groups in total. The summed E-state index contributed by atoms with van der Waals surface area (Å²) in [6, 6.07) is 7.34. The van der Waals surface area contributed by atoms with Gasteiger partial charge < -0.3 is 5.32 Å². The van der Waals surface area contributed by atoms with Crippen LogP contribution in [-0.2, 0) is 28.9 Å². The molecule has 0 radical (unpaired) electrons. The van der Waals surface area contributed by atoms with E-state index in [1.807, 2.05) is 0 Å². The maximum atomic E-state index is 13.2. The maximum Gasteiger partial charge on any atom is 0.330 e. The first kappa shape index (κ1) is 22.7. The van der Waals surface area contributed by atoms with Crippen molar-refractivity contribution in [1.29, 1.82) is 0 Å². The highest BCUT2D eigenvalue weighted by Gasteiger charge is 2.24. The first-order valence-corrected chi connectivity index (χ1v) is 10.7. The lowest BCUT2D eigenvalue weighted by Gasteiger charge is -2.17. The second-order valence-electron chi connectivity index (χ2n) is 6.82. The summed E-state index contributed by atoms with van der Waals surface area (Å²) < 4.78 is 42.0. The van der Waals surface area contributed by atoms with Gasteiger partial charge in [0.15, 0.2) is 0 Å². The summed E-state index contributed by atoms with van der Waals surface area (Å²) in [4.78, 5) is 36.5. The molecular weight excluding hydrogens is 451 g/mol. The van der Waals surface area contributed by atoms with Crippen LogP contribution in [0.15, 0.2) is 50.9 Å². The molecule has 1 amide bonds. The Morgan fingerprint density at radius 1 is 1.13 bits per heavy atom. The minimum absolute atomic E-state index is 0.0458. The van der Waals surface area contributed by atoms with E-state index in [9.17, 15) is 27.2 Å². The van der Waals surface area contributed by atoms with Crippen LogP contribution < -0.4 is 16.6 Å². The fourth-order valence-corrected chi connectivity index (χ4v) is 4.31. The summed E-state index contributed by atoms with van der Waals surface area (Å²) >= 11 is 5.67. The zero-order valence-electron chi connectivity index (χ0n) is 16.7. The number of aryl methyl sites for hydroxylation is 1. The molecule has 0 fully saturated rings. The SMILES string of the molecule is CN(CC(=O)Nc1ccc(F)c(Cl)c1)S(=O)(=O)c1ccc2c(c1)c(=O)n(C)c(=O)n2C. The first-order valence-electron chi connectivity index (χ1n) is 8.84. The molecule has 0 aliphatic carbocycles. The van der Waals surface area contributed by atoms with Crippen molar-refractivity contribution in [2.24, 2.45) is 14.1 Å². The maximum absolute atomic E-state index is 13.2. The van der Waals surface area contributed by atoms with Crippen LogP contribution >= 0.6 is 11.6 Å². The summed E-state index contributed by atoms with van der Waals surface area (Å²) in [7, 11) is -0.167. The first-order chi connectivity index (χ1) is 14.4. The molecule has 3 rings (SSSR count). The van der Waals surface area contributed by atoms with Gasteiger partial charge in [-0.25, -0.2) is 17.6 Å². The highest BCUT2D eigenvalue weighted by Crippen LogP contribution is 2.21. The van der Waals surface area contributed by atoms with E-state index in [-0.39, 0.29) is 26.5 Å². The lowest BCUT2D eigenvalue weighted by Crippen LogP contribution is -2.37. The molecule has 0 aliphatic rings. The molecule has 0 bridgehead atoms. The summed E-state index contributed by atoms with van der Waals surface area (Å²) in [5, 5.41) is 2.29. The van der Waals surface area contributed by atoms with Gasteiger partial charge in [-0.3, -0.25) is 18.7 Å². The van der Waals surface area contributed by atoms with Crippen molar-refractivity contribution in [1.82, 2.24) is 13.4 Å². The number of carbonyl (C=O) groups excluding carboxylic acids is 1. The van der Waals surface area contributed by atoms with Gasteiger partial charge in [-0.05, 0) is 36.4 Å². The second kappa shape index (κ2) is 8.25. The third kappa shape index (κ3) is 4.24. The number of sulfonamides is 1. The minimum atomic E-state index is -4.13. The molecule has 1 aromatic heterocycles. The minimum Gasteiger partial charge on any atom is -0.325 e. The summed E-state index contributed by atoms with van der Waals surface area (Å²) in [5.41, 5.74) is -0.690. The van der Waals surface area contributed by atoms with Crippen LogP contribution in [-0.4, -0.2) is 41.4 Å². The summed E-state index contributed by atoms with van der Waals surface area (Å²) in [6.07, 6.45) is 0. The molecule has 164 valence electrons. The monoisotopic (exact) mass is 468 g/mol. The number of fused-ring (bicyclic) bond motifs is 1. The Kier molecular flexibility index (Phi) is 6.03. The molecule has 31 heavy (non-hydrogen) atoms. The summed E-state index contributed by atoms with van der Waals surface area (Å²) in [5.74, 6) is -1.33.